The fraction of sp³-hybridized carbons (Fsp3) is 0. The van der Waals surface area contributed by atoms with Crippen LogP contribution < -0.4 is 4.43 Å². The molecule has 0 saturated carbocycles. The second kappa shape index (κ2) is 3.68. The normalized spacial score (nSPS) is 7.75. The monoisotopic (exact) mass is 120 g/mol. The number of rotatable bonds is 0. The number of hydrogen-bond donors (Lipinski definition) is 0. The van der Waals surface area contributed by atoms with Gasteiger partial charge in [0, 0.05) is 0 Å². The predicted octanol–water partition coefficient (Wildman–Crippen LogP) is 0.362. The Morgan fingerprint density at radius 1 is 1.00 bits per heavy atom. The molecule has 1 aromatic carbocycles. The van der Waals surface area contributed by atoms with Gasteiger partial charge in [-0.25, -0.2) is 0 Å². The first-order chi connectivity index (χ1) is 3.39. The summed E-state index contributed by atoms with van der Waals surface area (Å²) in [7, 11) is 0. The predicted molar refractivity (Wildman–Crippen MR) is 32.5 cm³/mol. The third-order valence-electron chi connectivity index (χ3n) is 0.800. The van der Waals surface area contributed by atoms with E-state index in [9.17, 15) is 0 Å². The van der Waals surface area contributed by atoms with Gasteiger partial charge in [0.25, 0.3) is 0 Å². The Labute approximate surface area is 57.1 Å². The van der Waals surface area contributed by atoms with Gasteiger partial charge in [-0.05, 0) is 0 Å². The molecule has 0 fully saturated rings. The summed E-state index contributed by atoms with van der Waals surface area (Å²) in [6, 6.07) is 10.1. The minimum atomic E-state index is 0. The van der Waals surface area contributed by atoms with Crippen molar-refractivity contribution >= 4 is 20.7 Å². The summed E-state index contributed by atoms with van der Waals surface area (Å²) in [5, 5.41) is 0. The molecular weight excluding hydrogens is 115 g/mol. The Balaban J connectivity index is 0.000000490. The zero-order chi connectivity index (χ0) is 5.11. The SMILES string of the molecule is [Al+2][c]1ccccc1.[O-2]. The Morgan fingerprint density at radius 2 is 1.50 bits per heavy atom. The molecule has 0 unspecified atom stereocenters. The van der Waals surface area contributed by atoms with Crippen LogP contribution in [-0.4, -0.2) is 16.3 Å². The van der Waals surface area contributed by atoms with Crippen molar-refractivity contribution in [3.05, 3.63) is 30.3 Å². The molecule has 0 spiro atoms. The third-order valence-corrected chi connectivity index (χ3v) is 1.18. The number of hydrogen-bond acceptors (Lipinski definition) is 0. The van der Waals surface area contributed by atoms with E-state index in [1.807, 2.05) is 30.3 Å². The summed E-state index contributed by atoms with van der Waals surface area (Å²) in [5.41, 5.74) is 0. The zero-order valence-corrected chi connectivity index (χ0v) is 5.53. The maximum Gasteiger partial charge on any atom is -2.00 e. The second-order valence-corrected chi connectivity index (χ2v) is 2.08. The summed E-state index contributed by atoms with van der Waals surface area (Å²) in [6.45, 7) is 0. The van der Waals surface area contributed by atoms with Crippen molar-refractivity contribution in [3.8, 4) is 0 Å². The molecule has 0 aliphatic heterocycles. The molecule has 2 heteroatoms. The van der Waals surface area contributed by atoms with Gasteiger partial charge in [0.05, 0.1) is 0 Å². The maximum atomic E-state index is 2.63. The Hall–Kier alpha value is -0.288. The van der Waals surface area contributed by atoms with Crippen LogP contribution in [0, 0.1) is 0 Å². The minimum Gasteiger partial charge on any atom is -2.00 e. The first-order valence-electron chi connectivity index (χ1n) is 2.20. The molecule has 0 heterocycles. The molecule has 0 atom stereocenters. The van der Waals surface area contributed by atoms with E-state index < -0.39 is 0 Å². The van der Waals surface area contributed by atoms with Gasteiger partial charge in [-0.3, -0.25) is 0 Å². The van der Waals surface area contributed by atoms with E-state index >= 15 is 0 Å². The molecule has 0 N–H and O–H groups in total. The van der Waals surface area contributed by atoms with Gasteiger partial charge in [0.1, 0.15) is 0 Å². The van der Waals surface area contributed by atoms with Crippen molar-refractivity contribution in [3.63, 3.8) is 0 Å². The van der Waals surface area contributed by atoms with E-state index in [-0.39, 0.29) is 5.48 Å². The Bertz CT molecular complexity index is 138. The first kappa shape index (κ1) is 7.71. The van der Waals surface area contributed by atoms with Crippen molar-refractivity contribution in [2.45, 2.75) is 0 Å². The van der Waals surface area contributed by atoms with Crippen LogP contribution in [0.4, 0.5) is 0 Å². The smallest absolute Gasteiger partial charge is 2.00 e. The topological polar surface area (TPSA) is 28.5 Å². The van der Waals surface area contributed by atoms with Crippen molar-refractivity contribution in [2.75, 3.05) is 0 Å². The van der Waals surface area contributed by atoms with Crippen LogP contribution in [0.2, 0.25) is 0 Å². The van der Waals surface area contributed by atoms with Crippen molar-refractivity contribution in [2.24, 2.45) is 0 Å². The van der Waals surface area contributed by atoms with Crippen LogP contribution in [0.1, 0.15) is 0 Å². The minimum absolute atomic E-state index is 0. The van der Waals surface area contributed by atoms with Crippen LogP contribution in [0.3, 0.4) is 0 Å². The van der Waals surface area contributed by atoms with Gasteiger partial charge in [-0.1, -0.05) is 0 Å². The van der Waals surface area contributed by atoms with Gasteiger partial charge in [-0.2, -0.15) is 0 Å². The summed E-state index contributed by atoms with van der Waals surface area (Å²) in [5.74, 6) is 0. The van der Waals surface area contributed by atoms with Crippen LogP contribution >= 0.6 is 0 Å². The standard InChI is InChI=1S/C6H5.Al.O/c1-2-4-6-5-3-1;;/h1-5H;;/q;+2;-2. The van der Waals surface area contributed by atoms with Gasteiger partial charge in [0.15, 0.2) is 0 Å². The van der Waals surface area contributed by atoms with E-state index in [1.165, 1.54) is 4.43 Å². The fourth-order valence-corrected chi connectivity index (χ4v) is 0.675. The average molecular weight is 120 g/mol. The molecule has 1 aromatic rings. The molecule has 1 rings (SSSR count). The number of benzene rings is 1. The average Bonchev–Trinajstić information content (AvgIpc) is 1.69. The molecule has 38 valence electrons. The summed E-state index contributed by atoms with van der Waals surface area (Å²) in [4.78, 5) is 0. The van der Waals surface area contributed by atoms with Gasteiger partial charge in [0.2, 0.25) is 0 Å². The van der Waals surface area contributed by atoms with Gasteiger partial charge < -0.3 is 5.48 Å². The molecule has 0 amide bonds. The molecule has 8 heavy (non-hydrogen) atoms. The zero-order valence-electron chi connectivity index (χ0n) is 4.37. The van der Waals surface area contributed by atoms with Crippen LogP contribution in [0.25, 0.3) is 0 Å². The molecule has 0 radical (unpaired) electrons. The molecule has 0 bridgehead atoms. The second-order valence-electron chi connectivity index (χ2n) is 1.41. The molecule has 0 aromatic heterocycles. The van der Waals surface area contributed by atoms with Crippen molar-refractivity contribution in [1.29, 1.82) is 0 Å². The van der Waals surface area contributed by atoms with E-state index in [1.54, 1.807) is 0 Å². The molecule has 0 aliphatic rings. The van der Waals surface area contributed by atoms with Gasteiger partial charge in [-0.15, -0.1) is 0 Å². The van der Waals surface area contributed by atoms with Crippen LogP contribution in [0.15, 0.2) is 30.3 Å². The van der Waals surface area contributed by atoms with Gasteiger partial charge >= 0.3 is 51.0 Å². The fourth-order valence-electron chi connectivity index (χ4n) is 0.453. The molecular formula is C6H5AlO. The van der Waals surface area contributed by atoms with Crippen molar-refractivity contribution in [1.82, 2.24) is 0 Å². The van der Waals surface area contributed by atoms with E-state index in [4.69, 9.17) is 0 Å². The van der Waals surface area contributed by atoms with E-state index in [0.717, 1.165) is 0 Å². The quantitative estimate of drug-likeness (QED) is 0.442. The Kier molecular flexibility index (Phi) is 3.55. The maximum absolute atomic E-state index is 2.63. The summed E-state index contributed by atoms with van der Waals surface area (Å²) < 4.78 is 1.24. The largest absolute Gasteiger partial charge is 2.00 e. The van der Waals surface area contributed by atoms with Crippen LogP contribution in [-0.2, 0) is 5.48 Å². The molecule has 0 saturated heterocycles. The summed E-state index contributed by atoms with van der Waals surface area (Å²) in [6.07, 6.45) is 0. The first-order valence-corrected chi connectivity index (χ1v) is 2.78. The Morgan fingerprint density at radius 3 is 1.75 bits per heavy atom. The van der Waals surface area contributed by atoms with E-state index in [2.05, 4.69) is 16.3 Å². The summed E-state index contributed by atoms with van der Waals surface area (Å²) >= 11 is 2.63. The molecule has 1 nitrogen and oxygen atoms in total. The van der Waals surface area contributed by atoms with Crippen LogP contribution in [0.5, 0.6) is 0 Å². The van der Waals surface area contributed by atoms with Crippen molar-refractivity contribution < 1.29 is 5.48 Å². The van der Waals surface area contributed by atoms with E-state index in [0.29, 0.717) is 0 Å². The third kappa shape index (κ3) is 2.13. The molecule has 0 aliphatic carbocycles.